The number of likely N-dealkylation sites (tertiary alicyclic amines) is 1. The lowest BCUT2D eigenvalue weighted by Crippen LogP contribution is -2.29. The van der Waals surface area contributed by atoms with Gasteiger partial charge < -0.3 is 23.8 Å². The maximum Gasteiger partial charge on any atom is 0.343 e. The Bertz CT molecular complexity index is 1040. The minimum atomic E-state index is -0.442. The molecule has 0 radical (unpaired) electrons. The lowest BCUT2D eigenvalue weighted by atomic mass is 9.88. The average molecular weight is 487 g/mol. The Morgan fingerprint density at radius 3 is 2.94 bits per heavy atom. The zero-order chi connectivity index (χ0) is 23.5. The molecule has 3 aliphatic heterocycles. The molecule has 0 bridgehead atoms. The number of methoxy groups -OCH3 is 1. The maximum atomic E-state index is 14.0. The molecule has 2 aromatic carbocycles. The topological polar surface area (TPSA) is 60.0 Å². The van der Waals surface area contributed by atoms with Crippen LogP contribution >= 0.6 is 11.9 Å². The fourth-order valence-corrected chi connectivity index (χ4v) is 6.04. The molecule has 0 amide bonds. The van der Waals surface area contributed by atoms with Gasteiger partial charge in [-0.05, 0) is 93.5 Å². The van der Waals surface area contributed by atoms with E-state index in [0.29, 0.717) is 30.2 Å². The van der Waals surface area contributed by atoms with Crippen molar-refractivity contribution in [3.8, 4) is 5.75 Å². The van der Waals surface area contributed by atoms with Gasteiger partial charge in [0.25, 0.3) is 0 Å². The van der Waals surface area contributed by atoms with Gasteiger partial charge in [-0.2, -0.15) is 0 Å². The van der Waals surface area contributed by atoms with Gasteiger partial charge in [0.05, 0.1) is 18.9 Å². The average Bonchev–Trinajstić information content (AvgIpc) is 3.55. The molecule has 0 aromatic heterocycles. The number of anilines is 1. The van der Waals surface area contributed by atoms with Crippen molar-refractivity contribution in [3.05, 3.63) is 52.8 Å². The van der Waals surface area contributed by atoms with Crippen LogP contribution in [-0.4, -0.2) is 56.9 Å². The number of esters is 1. The molecule has 2 aromatic rings. The minimum absolute atomic E-state index is 0.0357. The Balaban J connectivity index is 1.34. The van der Waals surface area contributed by atoms with Crippen LogP contribution in [-0.2, 0) is 15.9 Å². The van der Waals surface area contributed by atoms with Crippen molar-refractivity contribution in [2.24, 2.45) is 0 Å². The summed E-state index contributed by atoms with van der Waals surface area (Å²) in [6.45, 7) is 4.49. The number of carbonyl (C=O) groups is 1. The van der Waals surface area contributed by atoms with Crippen molar-refractivity contribution < 1.29 is 23.4 Å². The molecular formula is C26H31FN2O4S. The first-order chi connectivity index (χ1) is 16.6. The monoisotopic (exact) mass is 486 g/mol. The van der Waals surface area contributed by atoms with Gasteiger partial charge in [-0.25, -0.2) is 9.18 Å². The first-order valence-corrected chi connectivity index (χ1v) is 12.9. The SMILES string of the molecule is COC(=O)c1c(NSc2ccc(F)cc2CCCN2CCCC2)ccc2c1OCC1OCCC21. The highest BCUT2D eigenvalue weighted by Crippen LogP contribution is 2.45. The lowest BCUT2D eigenvalue weighted by Gasteiger charge is -2.29. The number of nitrogens with one attached hydrogen (secondary N) is 1. The predicted molar refractivity (Wildman–Crippen MR) is 130 cm³/mol. The van der Waals surface area contributed by atoms with Gasteiger partial charge in [-0.1, -0.05) is 6.07 Å². The summed E-state index contributed by atoms with van der Waals surface area (Å²) in [5.74, 6) is 0.135. The van der Waals surface area contributed by atoms with Crippen molar-refractivity contribution in [3.63, 3.8) is 0 Å². The van der Waals surface area contributed by atoms with E-state index in [4.69, 9.17) is 14.2 Å². The molecule has 5 rings (SSSR count). The summed E-state index contributed by atoms with van der Waals surface area (Å²) >= 11 is 1.39. The van der Waals surface area contributed by atoms with Crippen LogP contribution < -0.4 is 9.46 Å². The van der Waals surface area contributed by atoms with Gasteiger partial charge in [0.15, 0.2) is 0 Å². The van der Waals surface area contributed by atoms with Crippen molar-refractivity contribution in [2.75, 3.05) is 44.7 Å². The number of fused-ring (bicyclic) bond motifs is 3. The standard InChI is InChI=1S/C26H31FN2O4S/c1-31-26(30)24-21(8-7-20-19-10-14-32-22(19)16-33-25(20)24)28-34-23-9-6-18(27)15-17(23)5-4-13-29-11-2-3-12-29/h6-9,15,19,22,28H,2-5,10-14,16H2,1H3. The number of nitrogens with zero attached hydrogens (tertiary/aromatic N) is 1. The molecule has 2 atom stereocenters. The molecule has 3 heterocycles. The number of aryl methyl sites for hydroxylation is 1. The normalized spacial score (nSPS) is 21.6. The van der Waals surface area contributed by atoms with Crippen LogP contribution in [0, 0.1) is 5.82 Å². The van der Waals surface area contributed by atoms with E-state index in [-0.39, 0.29) is 17.8 Å². The third kappa shape index (κ3) is 4.90. The van der Waals surface area contributed by atoms with Crippen LogP contribution in [0.5, 0.6) is 5.75 Å². The van der Waals surface area contributed by atoms with Crippen molar-refractivity contribution in [1.82, 2.24) is 4.90 Å². The van der Waals surface area contributed by atoms with Crippen molar-refractivity contribution in [2.45, 2.75) is 49.0 Å². The summed E-state index contributed by atoms with van der Waals surface area (Å²) in [5, 5.41) is 0. The molecule has 8 heteroatoms. The van der Waals surface area contributed by atoms with Gasteiger partial charge in [-0.3, -0.25) is 0 Å². The number of halogens is 1. The third-order valence-corrected chi connectivity index (χ3v) is 7.93. The number of benzene rings is 2. The van der Waals surface area contributed by atoms with E-state index in [1.807, 2.05) is 12.1 Å². The summed E-state index contributed by atoms with van der Waals surface area (Å²) in [4.78, 5) is 16.2. The van der Waals surface area contributed by atoms with Crippen molar-refractivity contribution in [1.29, 1.82) is 0 Å². The molecule has 34 heavy (non-hydrogen) atoms. The maximum absolute atomic E-state index is 14.0. The summed E-state index contributed by atoms with van der Waals surface area (Å²) in [7, 11) is 1.38. The van der Waals surface area contributed by atoms with E-state index in [1.54, 1.807) is 12.1 Å². The van der Waals surface area contributed by atoms with E-state index >= 15 is 0 Å². The molecule has 6 nitrogen and oxygen atoms in total. The van der Waals surface area contributed by atoms with E-state index in [2.05, 4.69) is 9.62 Å². The Hall–Kier alpha value is -2.29. The Morgan fingerprint density at radius 1 is 1.26 bits per heavy atom. The molecule has 0 aliphatic carbocycles. The molecular weight excluding hydrogens is 455 g/mol. The summed E-state index contributed by atoms with van der Waals surface area (Å²) < 4.78 is 34.2. The molecule has 0 saturated carbocycles. The van der Waals surface area contributed by atoms with Crippen LogP contribution in [0.2, 0.25) is 0 Å². The predicted octanol–water partition coefficient (Wildman–Crippen LogP) is 5.02. The quantitative estimate of drug-likeness (QED) is 0.415. The smallest absolute Gasteiger partial charge is 0.343 e. The largest absolute Gasteiger partial charge is 0.490 e. The summed E-state index contributed by atoms with van der Waals surface area (Å²) in [5.41, 5.74) is 2.99. The van der Waals surface area contributed by atoms with Crippen LogP contribution in [0.1, 0.15) is 53.1 Å². The van der Waals surface area contributed by atoms with Crippen LogP contribution in [0.4, 0.5) is 10.1 Å². The molecule has 2 unspecified atom stereocenters. The van der Waals surface area contributed by atoms with Gasteiger partial charge >= 0.3 is 5.97 Å². The molecule has 182 valence electrons. The number of carbonyl (C=O) groups excluding carboxylic acids is 1. The number of hydrogen-bond acceptors (Lipinski definition) is 7. The van der Waals surface area contributed by atoms with E-state index < -0.39 is 5.97 Å². The third-order valence-electron chi connectivity index (χ3n) is 6.99. The number of hydrogen-bond donors (Lipinski definition) is 1. The van der Waals surface area contributed by atoms with Crippen LogP contribution in [0.25, 0.3) is 0 Å². The molecule has 2 saturated heterocycles. The zero-order valence-electron chi connectivity index (χ0n) is 19.5. The first-order valence-electron chi connectivity index (χ1n) is 12.1. The van der Waals surface area contributed by atoms with Gasteiger partial charge in [0, 0.05) is 23.0 Å². The second kappa shape index (κ2) is 10.5. The van der Waals surface area contributed by atoms with E-state index in [1.165, 1.54) is 38.0 Å². The van der Waals surface area contributed by atoms with Crippen LogP contribution in [0.15, 0.2) is 35.2 Å². The lowest BCUT2D eigenvalue weighted by molar-refractivity contribution is 0.0469. The molecule has 0 spiro atoms. The molecule has 3 aliphatic rings. The van der Waals surface area contributed by atoms with Gasteiger partial charge in [0.1, 0.15) is 23.7 Å². The Kier molecular flexibility index (Phi) is 7.27. The first kappa shape index (κ1) is 23.5. The van der Waals surface area contributed by atoms with Crippen LogP contribution in [0.3, 0.4) is 0 Å². The second-order valence-electron chi connectivity index (χ2n) is 9.12. The molecule has 1 N–H and O–H groups in total. The van der Waals surface area contributed by atoms with Crippen molar-refractivity contribution >= 4 is 23.6 Å². The highest BCUT2D eigenvalue weighted by Gasteiger charge is 2.38. The zero-order valence-corrected chi connectivity index (χ0v) is 20.3. The summed E-state index contributed by atoms with van der Waals surface area (Å²) in [6.07, 6.45) is 5.28. The van der Waals surface area contributed by atoms with Gasteiger partial charge in [-0.15, -0.1) is 0 Å². The van der Waals surface area contributed by atoms with E-state index in [9.17, 15) is 9.18 Å². The molecule has 2 fully saturated rings. The second-order valence-corrected chi connectivity index (χ2v) is 9.97. The van der Waals surface area contributed by atoms with E-state index in [0.717, 1.165) is 54.9 Å². The fourth-order valence-electron chi connectivity index (χ4n) is 5.22. The highest BCUT2D eigenvalue weighted by atomic mass is 32.2. The highest BCUT2D eigenvalue weighted by molar-refractivity contribution is 8.00. The van der Waals surface area contributed by atoms with Gasteiger partial charge in [0.2, 0.25) is 0 Å². The Morgan fingerprint density at radius 2 is 2.12 bits per heavy atom. The summed E-state index contributed by atoms with van der Waals surface area (Å²) in [6, 6.07) is 8.80. The Labute approximate surface area is 204 Å². The number of ether oxygens (including phenoxy) is 3. The minimum Gasteiger partial charge on any atom is -0.490 e. The fraction of sp³-hybridized carbons (Fsp3) is 0.500. The number of rotatable bonds is 8.